The van der Waals surface area contributed by atoms with E-state index in [9.17, 15) is 0 Å². The Morgan fingerprint density at radius 2 is 2.31 bits per heavy atom. The zero-order chi connectivity index (χ0) is 10.8. The van der Waals surface area contributed by atoms with Gasteiger partial charge in [-0.15, -0.1) is 0 Å². The van der Waals surface area contributed by atoms with E-state index < -0.39 is 0 Å². The molecule has 3 rings (SSSR count). The van der Waals surface area contributed by atoms with E-state index in [4.69, 9.17) is 4.74 Å². The molecule has 2 aliphatic heterocycles. The van der Waals surface area contributed by atoms with Gasteiger partial charge in [-0.3, -0.25) is 4.99 Å². The van der Waals surface area contributed by atoms with Gasteiger partial charge in [0, 0.05) is 6.42 Å². The Morgan fingerprint density at radius 1 is 1.38 bits per heavy atom. The van der Waals surface area contributed by atoms with Gasteiger partial charge in [0.25, 0.3) is 0 Å². The quantitative estimate of drug-likeness (QED) is 0.817. The van der Waals surface area contributed by atoms with Gasteiger partial charge in [-0.1, -0.05) is 18.2 Å². The molecule has 0 amide bonds. The first-order chi connectivity index (χ1) is 7.92. The second-order valence-corrected chi connectivity index (χ2v) is 4.48. The average Bonchev–Trinajstić information content (AvgIpc) is 2.82. The van der Waals surface area contributed by atoms with Gasteiger partial charge >= 0.3 is 0 Å². The summed E-state index contributed by atoms with van der Waals surface area (Å²) in [6.07, 6.45) is 5.45. The third-order valence-electron chi connectivity index (χ3n) is 3.28. The molecule has 1 N–H and O–H groups in total. The Bertz CT molecular complexity index is 395. The van der Waals surface area contributed by atoms with Crippen molar-refractivity contribution < 1.29 is 4.74 Å². The predicted octanol–water partition coefficient (Wildman–Crippen LogP) is 1.77. The molecule has 0 aromatic heterocycles. The molecule has 0 saturated heterocycles. The predicted molar refractivity (Wildman–Crippen MR) is 64.1 cm³/mol. The highest BCUT2D eigenvalue weighted by molar-refractivity contribution is 5.57. The van der Waals surface area contributed by atoms with E-state index in [0.717, 1.165) is 31.6 Å². The second kappa shape index (κ2) is 4.16. The third-order valence-corrected chi connectivity index (χ3v) is 3.28. The van der Waals surface area contributed by atoms with Crippen molar-refractivity contribution in [1.29, 1.82) is 0 Å². The largest absolute Gasteiger partial charge is 0.490 e. The zero-order valence-corrected chi connectivity index (χ0v) is 9.23. The number of ether oxygens (including phenoxy) is 1. The maximum Gasteiger partial charge on any atom is 0.122 e. The van der Waals surface area contributed by atoms with Crippen LogP contribution in [0.1, 0.15) is 18.4 Å². The van der Waals surface area contributed by atoms with E-state index in [2.05, 4.69) is 28.5 Å². The highest BCUT2D eigenvalue weighted by Crippen LogP contribution is 2.28. The summed E-state index contributed by atoms with van der Waals surface area (Å²) in [4.78, 5) is 4.18. The molecule has 0 saturated carbocycles. The first-order valence-corrected chi connectivity index (χ1v) is 5.91. The van der Waals surface area contributed by atoms with Gasteiger partial charge in [-0.05, 0) is 24.5 Å². The van der Waals surface area contributed by atoms with E-state index in [0.29, 0.717) is 12.1 Å². The number of aliphatic imine (C=N–C) groups is 1. The van der Waals surface area contributed by atoms with Crippen LogP contribution in [0.5, 0.6) is 5.75 Å². The molecule has 0 unspecified atom stereocenters. The van der Waals surface area contributed by atoms with Crippen LogP contribution in [0.2, 0.25) is 0 Å². The van der Waals surface area contributed by atoms with Crippen LogP contribution in [0.4, 0.5) is 0 Å². The summed E-state index contributed by atoms with van der Waals surface area (Å²) in [5, 5.41) is 3.26. The second-order valence-electron chi connectivity index (χ2n) is 4.48. The molecule has 84 valence electrons. The molecular weight excluding hydrogens is 200 g/mol. The monoisotopic (exact) mass is 216 g/mol. The Morgan fingerprint density at radius 3 is 3.19 bits per heavy atom. The van der Waals surface area contributed by atoms with Gasteiger partial charge in [0.1, 0.15) is 11.9 Å². The lowest BCUT2D eigenvalue weighted by atomic mass is 9.98. The standard InChI is InChI=1S/C13H16N2O/c1-2-4-13-10(3-1)5-6-12(16-13)7-11-8-14-9-15-11/h1-4,9,11-12H,5-8H2,(H,14,15)/t11-,12+/m1/s1. The van der Waals surface area contributed by atoms with E-state index in [1.54, 1.807) is 6.34 Å². The van der Waals surface area contributed by atoms with Crippen LogP contribution in [0.25, 0.3) is 0 Å². The zero-order valence-electron chi connectivity index (χ0n) is 9.23. The lowest BCUT2D eigenvalue weighted by Gasteiger charge is -2.27. The highest BCUT2D eigenvalue weighted by atomic mass is 16.5. The van der Waals surface area contributed by atoms with Crippen molar-refractivity contribution in [2.45, 2.75) is 31.4 Å². The fourth-order valence-corrected chi connectivity index (χ4v) is 2.40. The highest BCUT2D eigenvalue weighted by Gasteiger charge is 2.23. The van der Waals surface area contributed by atoms with Gasteiger partial charge in [-0.2, -0.15) is 0 Å². The van der Waals surface area contributed by atoms with Crippen LogP contribution in [0, 0.1) is 0 Å². The average molecular weight is 216 g/mol. The minimum atomic E-state index is 0.342. The van der Waals surface area contributed by atoms with Crippen LogP contribution in [-0.2, 0) is 6.42 Å². The fourth-order valence-electron chi connectivity index (χ4n) is 2.40. The number of para-hydroxylation sites is 1. The number of hydrogen-bond acceptors (Lipinski definition) is 3. The summed E-state index contributed by atoms with van der Waals surface area (Å²) < 4.78 is 6.00. The van der Waals surface area contributed by atoms with Crippen molar-refractivity contribution >= 4 is 6.34 Å². The van der Waals surface area contributed by atoms with Gasteiger partial charge in [0.2, 0.25) is 0 Å². The first kappa shape index (κ1) is 9.70. The molecule has 2 heterocycles. The number of rotatable bonds is 2. The molecule has 2 atom stereocenters. The molecule has 0 fully saturated rings. The molecule has 0 bridgehead atoms. The number of benzene rings is 1. The summed E-state index contributed by atoms with van der Waals surface area (Å²) in [6.45, 7) is 0.890. The van der Waals surface area contributed by atoms with E-state index in [1.165, 1.54) is 5.56 Å². The molecule has 0 aliphatic carbocycles. The van der Waals surface area contributed by atoms with Crippen molar-refractivity contribution in [2.75, 3.05) is 6.54 Å². The Hall–Kier alpha value is -1.51. The Labute approximate surface area is 95.5 Å². The SMILES string of the molecule is C1=NC[C@@H](C[C@@H]2CCc3ccccc3O2)N1. The lowest BCUT2D eigenvalue weighted by Crippen LogP contribution is -2.33. The smallest absolute Gasteiger partial charge is 0.122 e. The number of fused-ring (bicyclic) bond motifs is 1. The molecule has 3 nitrogen and oxygen atoms in total. The van der Waals surface area contributed by atoms with Crippen molar-refractivity contribution in [3.63, 3.8) is 0 Å². The molecule has 2 aliphatic rings. The topological polar surface area (TPSA) is 33.6 Å². The normalized spacial score (nSPS) is 27.0. The molecule has 0 spiro atoms. The molecule has 1 aromatic carbocycles. The van der Waals surface area contributed by atoms with Gasteiger partial charge in [0.15, 0.2) is 0 Å². The Kier molecular flexibility index (Phi) is 2.52. The minimum absolute atomic E-state index is 0.342. The summed E-state index contributed by atoms with van der Waals surface area (Å²) in [5.41, 5.74) is 1.34. The molecule has 16 heavy (non-hydrogen) atoms. The maximum absolute atomic E-state index is 6.00. The van der Waals surface area contributed by atoms with Gasteiger partial charge in [-0.25, -0.2) is 0 Å². The summed E-state index contributed by atoms with van der Waals surface area (Å²) >= 11 is 0. The van der Waals surface area contributed by atoms with Crippen molar-refractivity contribution in [3.8, 4) is 5.75 Å². The van der Waals surface area contributed by atoms with Crippen LogP contribution in [0.15, 0.2) is 29.3 Å². The van der Waals surface area contributed by atoms with Gasteiger partial charge in [0.05, 0.1) is 18.9 Å². The fraction of sp³-hybridized carbons (Fsp3) is 0.462. The minimum Gasteiger partial charge on any atom is -0.490 e. The number of hydrogen-bond donors (Lipinski definition) is 1. The van der Waals surface area contributed by atoms with Crippen LogP contribution >= 0.6 is 0 Å². The summed E-state index contributed by atoms with van der Waals surface area (Å²) in [6, 6.07) is 8.81. The first-order valence-electron chi connectivity index (χ1n) is 5.91. The van der Waals surface area contributed by atoms with Crippen LogP contribution in [0.3, 0.4) is 0 Å². The Balaban J connectivity index is 1.64. The lowest BCUT2D eigenvalue weighted by molar-refractivity contribution is 0.155. The van der Waals surface area contributed by atoms with Crippen LogP contribution < -0.4 is 10.1 Å². The number of nitrogens with zero attached hydrogens (tertiary/aromatic N) is 1. The van der Waals surface area contributed by atoms with Gasteiger partial charge < -0.3 is 10.1 Å². The molecule has 1 aromatic rings. The van der Waals surface area contributed by atoms with E-state index >= 15 is 0 Å². The van der Waals surface area contributed by atoms with Crippen molar-refractivity contribution in [3.05, 3.63) is 29.8 Å². The molecule has 0 radical (unpaired) electrons. The third kappa shape index (κ3) is 1.90. The van der Waals surface area contributed by atoms with E-state index in [-0.39, 0.29) is 0 Å². The van der Waals surface area contributed by atoms with Crippen molar-refractivity contribution in [2.24, 2.45) is 4.99 Å². The maximum atomic E-state index is 6.00. The van der Waals surface area contributed by atoms with E-state index in [1.807, 2.05) is 6.07 Å². The number of nitrogens with one attached hydrogen (secondary N) is 1. The molecular formula is C13H16N2O. The van der Waals surface area contributed by atoms with Crippen LogP contribution in [-0.4, -0.2) is 25.0 Å². The van der Waals surface area contributed by atoms with Crippen molar-refractivity contribution in [1.82, 2.24) is 5.32 Å². The summed E-state index contributed by atoms with van der Waals surface area (Å²) in [7, 11) is 0. The summed E-state index contributed by atoms with van der Waals surface area (Å²) in [5.74, 6) is 1.07. The number of aryl methyl sites for hydroxylation is 1. The molecule has 3 heteroatoms.